The van der Waals surface area contributed by atoms with Crippen LogP contribution in [0.1, 0.15) is 31.9 Å². The molecule has 8 heteroatoms. The molecule has 146 valence electrons. The second kappa shape index (κ2) is 8.71. The zero-order valence-corrected chi connectivity index (χ0v) is 16.9. The highest BCUT2D eigenvalue weighted by atomic mass is 35.5. The zero-order valence-electron chi connectivity index (χ0n) is 15.3. The van der Waals surface area contributed by atoms with E-state index in [1.807, 2.05) is 37.3 Å². The van der Waals surface area contributed by atoms with Crippen LogP contribution in [0.4, 0.5) is 10.1 Å². The molecule has 0 aliphatic rings. The highest BCUT2D eigenvalue weighted by Crippen LogP contribution is 2.27. The molecular formula is C19H22ClFN2O3S. The van der Waals surface area contributed by atoms with Gasteiger partial charge < -0.3 is 5.32 Å². The Bertz CT molecular complexity index is 906. The first-order valence-electron chi connectivity index (χ1n) is 8.45. The van der Waals surface area contributed by atoms with Gasteiger partial charge in [0.2, 0.25) is 15.9 Å². The fourth-order valence-electron chi connectivity index (χ4n) is 2.82. The molecule has 2 unspecified atom stereocenters. The molecule has 2 atom stereocenters. The summed E-state index contributed by atoms with van der Waals surface area (Å²) < 4.78 is 39.3. The molecule has 0 aromatic heterocycles. The van der Waals surface area contributed by atoms with E-state index in [0.29, 0.717) is 0 Å². The molecule has 0 saturated carbocycles. The first-order valence-corrected chi connectivity index (χ1v) is 10.7. The summed E-state index contributed by atoms with van der Waals surface area (Å²) in [7, 11) is -3.81. The van der Waals surface area contributed by atoms with Crippen molar-refractivity contribution in [1.82, 2.24) is 5.32 Å². The molecule has 1 N–H and O–H groups in total. The van der Waals surface area contributed by atoms with Crippen molar-refractivity contribution in [2.24, 2.45) is 0 Å². The molecule has 0 aliphatic heterocycles. The van der Waals surface area contributed by atoms with Crippen molar-refractivity contribution in [2.45, 2.75) is 32.4 Å². The quantitative estimate of drug-likeness (QED) is 0.749. The SMILES string of the molecule is CCC(C(=O)NC(C)c1ccccc1)N(c1ccc(F)c(Cl)c1)S(C)(=O)=O. The standard InChI is InChI=1S/C19H22ClFN2O3S/c1-4-18(19(24)22-13(2)14-8-6-5-7-9-14)23(27(3,25)26)15-10-11-17(21)16(20)12-15/h5-13,18H,4H2,1-3H3,(H,22,24). The van der Waals surface area contributed by atoms with Crippen LogP contribution < -0.4 is 9.62 Å². The summed E-state index contributed by atoms with van der Waals surface area (Å²) in [5.41, 5.74) is 1.04. The van der Waals surface area contributed by atoms with Crippen LogP contribution >= 0.6 is 11.6 Å². The molecule has 0 saturated heterocycles. The molecule has 0 spiro atoms. The van der Waals surface area contributed by atoms with Crippen LogP contribution in [0.5, 0.6) is 0 Å². The number of nitrogens with one attached hydrogen (secondary N) is 1. The molecular weight excluding hydrogens is 391 g/mol. The number of hydrogen-bond donors (Lipinski definition) is 1. The van der Waals surface area contributed by atoms with Gasteiger partial charge in [-0.1, -0.05) is 48.9 Å². The number of amides is 1. The Morgan fingerprint density at radius 2 is 1.85 bits per heavy atom. The van der Waals surface area contributed by atoms with Gasteiger partial charge in [0.15, 0.2) is 0 Å². The number of benzene rings is 2. The van der Waals surface area contributed by atoms with Crippen LogP contribution in [-0.2, 0) is 14.8 Å². The zero-order chi connectivity index (χ0) is 20.2. The summed E-state index contributed by atoms with van der Waals surface area (Å²) in [5, 5.41) is 2.63. The normalized spacial score (nSPS) is 13.7. The fourth-order valence-corrected chi connectivity index (χ4v) is 4.20. The third kappa shape index (κ3) is 5.20. The predicted molar refractivity (Wildman–Crippen MR) is 106 cm³/mol. The average molecular weight is 413 g/mol. The van der Waals surface area contributed by atoms with Gasteiger partial charge in [-0.15, -0.1) is 0 Å². The van der Waals surface area contributed by atoms with Crippen molar-refractivity contribution < 1.29 is 17.6 Å². The Morgan fingerprint density at radius 1 is 1.22 bits per heavy atom. The van der Waals surface area contributed by atoms with Gasteiger partial charge in [0.25, 0.3) is 0 Å². The molecule has 0 heterocycles. The number of halogens is 2. The summed E-state index contributed by atoms with van der Waals surface area (Å²) in [6.45, 7) is 3.53. The van der Waals surface area contributed by atoms with E-state index >= 15 is 0 Å². The van der Waals surface area contributed by atoms with Gasteiger partial charge in [0, 0.05) is 0 Å². The maximum absolute atomic E-state index is 13.5. The molecule has 5 nitrogen and oxygen atoms in total. The van der Waals surface area contributed by atoms with E-state index in [1.54, 1.807) is 6.92 Å². The van der Waals surface area contributed by atoms with Crippen molar-refractivity contribution in [2.75, 3.05) is 10.6 Å². The summed E-state index contributed by atoms with van der Waals surface area (Å²) in [6.07, 6.45) is 1.23. The third-order valence-electron chi connectivity index (χ3n) is 4.15. The maximum atomic E-state index is 13.5. The van der Waals surface area contributed by atoms with Crippen LogP contribution in [0.2, 0.25) is 5.02 Å². The van der Waals surface area contributed by atoms with Crippen molar-refractivity contribution in [3.05, 3.63) is 64.9 Å². The topological polar surface area (TPSA) is 66.5 Å². The first-order chi connectivity index (χ1) is 12.6. The van der Waals surface area contributed by atoms with Crippen molar-refractivity contribution in [3.8, 4) is 0 Å². The van der Waals surface area contributed by atoms with Crippen LogP contribution in [0, 0.1) is 5.82 Å². The lowest BCUT2D eigenvalue weighted by Gasteiger charge is -2.31. The second-order valence-corrected chi connectivity index (χ2v) is 8.49. The minimum atomic E-state index is -3.81. The number of anilines is 1. The number of sulfonamides is 1. The van der Waals surface area contributed by atoms with Crippen molar-refractivity contribution in [1.29, 1.82) is 0 Å². The van der Waals surface area contributed by atoms with Crippen LogP contribution in [0.25, 0.3) is 0 Å². The minimum absolute atomic E-state index is 0.137. The van der Waals surface area contributed by atoms with Crippen LogP contribution in [-0.4, -0.2) is 26.6 Å². The van der Waals surface area contributed by atoms with Gasteiger partial charge in [-0.25, -0.2) is 12.8 Å². The van der Waals surface area contributed by atoms with Gasteiger partial charge in [0.1, 0.15) is 11.9 Å². The fraction of sp³-hybridized carbons (Fsp3) is 0.316. The molecule has 0 aliphatic carbocycles. The summed E-state index contributed by atoms with van der Waals surface area (Å²) in [5.74, 6) is -1.11. The molecule has 2 aromatic carbocycles. The van der Waals surface area contributed by atoms with Gasteiger partial charge in [0.05, 0.1) is 23.0 Å². The average Bonchev–Trinajstić information content (AvgIpc) is 2.61. The van der Waals surface area contributed by atoms with E-state index in [-0.39, 0.29) is 23.2 Å². The van der Waals surface area contributed by atoms with Crippen molar-refractivity contribution in [3.63, 3.8) is 0 Å². The minimum Gasteiger partial charge on any atom is -0.348 e. The lowest BCUT2D eigenvalue weighted by atomic mass is 10.1. The van der Waals surface area contributed by atoms with E-state index < -0.39 is 27.8 Å². The molecule has 0 bridgehead atoms. The van der Waals surface area contributed by atoms with E-state index in [9.17, 15) is 17.6 Å². The lowest BCUT2D eigenvalue weighted by Crippen LogP contribution is -2.49. The smallest absolute Gasteiger partial charge is 0.244 e. The Kier molecular flexibility index (Phi) is 6.84. The number of hydrogen-bond acceptors (Lipinski definition) is 3. The molecule has 0 fully saturated rings. The predicted octanol–water partition coefficient (Wildman–Crippen LogP) is 3.90. The third-order valence-corrected chi connectivity index (χ3v) is 5.62. The van der Waals surface area contributed by atoms with Crippen LogP contribution in [0.3, 0.4) is 0 Å². The van der Waals surface area contributed by atoms with E-state index in [1.165, 1.54) is 12.1 Å². The number of carbonyl (C=O) groups is 1. The Labute approximate surface area is 164 Å². The van der Waals surface area contributed by atoms with E-state index in [4.69, 9.17) is 11.6 Å². The number of carbonyl (C=O) groups excluding carboxylic acids is 1. The highest BCUT2D eigenvalue weighted by molar-refractivity contribution is 7.92. The highest BCUT2D eigenvalue weighted by Gasteiger charge is 2.32. The van der Waals surface area contributed by atoms with Gasteiger partial charge in [-0.2, -0.15) is 0 Å². The molecule has 2 aromatic rings. The van der Waals surface area contributed by atoms with Crippen LogP contribution in [0.15, 0.2) is 48.5 Å². The molecule has 27 heavy (non-hydrogen) atoms. The summed E-state index contributed by atoms with van der Waals surface area (Å²) in [6, 6.07) is 11.6. The summed E-state index contributed by atoms with van der Waals surface area (Å²) >= 11 is 5.80. The molecule has 1 amide bonds. The molecule has 0 radical (unpaired) electrons. The van der Waals surface area contributed by atoms with Gasteiger partial charge in [-0.05, 0) is 37.1 Å². The second-order valence-electron chi connectivity index (χ2n) is 6.22. The first kappa shape index (κ1) is 21.2. The van der Waals surface area contributed by atoms with E-state index in [0.717, 1.165) is 22.2 Å². The largest absolute Gasteiger partial charge is 0.348 e. The number of rotatable bonds is 7. The van der Waals surface area contributed by atoms with Crippen molar-refractivity contribution >= 4 is 33.2 Å². The lowest BCUT2D eigenvalue weighted by molar-refractivity contribution is -0.122. The maximum Gasteiger partial charge on any atom is 0.244 e. The van der Waals surface area contributed by atoms with Gasteiger partial charge >= 0.3 is 0 Å². The van der Waals surface area contributed by atoms with E-state index in [2.05, 4.69) is 5.32 Å². The Morgan fingerprint density at radius 3 is 2.37 bits per heavy atom. The monoisotopic (exact) mass is 412 g/mol. The number of nitrogens with zero attached hydrogens (tertiary/aromatic N) is 1. The Hall–Kier alpha value is -2.12. The Balaban J connectivity index is 2.34. The van der Waals surface area contributed by atoms with Gasteiger partial charge in [-0.3, -0.25) is 9.10 Å². The summed E-state index contributed by atoms with van der Waals surface area (Å²) in [4.78, 5) is 12.8. The molecule has 2 rings (SSSR count).